The molecule has 1 fully saturated rings. The van der Waals surface area contributed by atoms with Gasteiger partial charge in [-0.2, -0.15) is 0 Å². The first kappa shape index (κ1) is 13.5. The molecular weight excluding hydrogens is 242 g/mol. The summed E-state index contributed by atoms with van der Waals surface area (Å²) in [4.78, 5) is 0. The van der Waals surface area contributed by atoms with E-state index < -0.39 is 0 Å². The number of benzene rings is 1. The molecule has 1 N–H and O–H groups in total. The lowest BCUT2D eigenvalue weighted by atomic mass is 10.2. The Kier molecular flexibility index (Phi) is 4.84. The molecule has 0 amide bonds. The third-order valence-corrected chi connectivity index (χ3v) is 3.22. The molecule has 0 spiro atoms. The Bertz CT molecular complexity index is 462. The minimum Gasteiger partial charge on any atom is -0.493 e. The van der Waals surface area contributed by atoms with E-state index in [1.807, 2.05) is 24.3 Å². The molecule has 0 saturated heterocycles. The van der Waals surface area contributed by atoms with Crippen molar-refractivity contribution in [2.45, 2.75) is 31.8 Å². The van der Waals surface area contributed by atoms with Crippen molar-refractivity contribution in [3.8, 4) is 11.5 Å². The maximum absolute atomic E-state index is 8.34. The zero-order valence-corrected chi connectivity index (χ0v) is 11.1. The van der Waals surface area contributed by atoms with Crippen LogP contribution in [0.5, 0.6) is 11.5 Å². The minimum absolute atomic E-state index is 0.298. The van der Waals surface area contributed by atoms with Gasteiger partial charge < -0.3 is 14.7 Å². The summed E-state index contributed by atoms with van der Waals surface area (Å²) in [5.74, 6) is 1.53. The van der Waals surface area contributed by atoms with Gasteiger partial charge in [-0.15, -0.1) is 0 Å². The number of ether oxygens (including phenoxy) is 2. The highest BCUT2D eigenvalue weighted by molar-refractivity contribution is 5.78. The van der Waals surface area contributed by atoms with E-state index in [4.69, 9.17) is 14.7 Å². The van der Waals surface area contributed by atoms with Crippen molar-refractivity contribution >= 4 is 12.3 Å². The lowest BCUT2D eigenvalue weighted by Gasteiger charge is -2.16. The van der Waals surface area contributed by atoms with E-state index >= 15 is 0 Å². The summed E-state index contributed by atoms with van der Waals surface area (Å²) in [7, 11) is 1.64. The van der Waals surface area contributed by atoms with Crippen LogP contribution in [-0.2, 0) is 0 Å². The molecule has 1 aliphatic rings. The zero-order chi connectivity index (χ0) is 13.5. The number of nitrogens with zero attached hydrogens (tertiary/aromatic N) is 1. The fourth-order valence-electron chi connectivity index (χ4n) is 2.27. The SMILES string of the molecule is COc1ccc(/C=C/C=N\O)cc1OC1CCCC1. The van der Waals surface area contributed by atoms with Crippen LogP contribution in [0, 0.1) is 0 Å². The number of allylic oxidation sites excluding steroid dienone is 1. The standard InChI is InChI=1S/C15H19NO3/c1-18-14-9-8-12(5-4-10-16-17)11-15(14)19-13-6-2-3-7-13/h4-5,8-11,13,17H,2-3,6-7H2,1H3/b5-4+,16-10-. The molecular formula is C15H19NO3. The van der Waals surface area contributed by atoms with E-state index in [1.54, 1.807) is 13.2 Å². The van der Waals surface area contributed by atoms with Crippen LogP contribution in [0.15, 0.2) is 29.4 Å². The average molecular weight is 261 g/mol. The van der Waals surface area contributed by atoms with Crippen LogP contribution in [0.1, 0.15) is 31.2 Å². The number of hydrogen-bond donors (Lipinski definition) is 1. The molecule has 2 rings (SSSR count). The van der Waals surface area contributed by atoms with Crippen LogP contribution in [-0.4, -0.2) is 24.6 Å². The molecule has 4 heteroatoms. The Morgan fingerprint density at radius 2 is 2.05 bits per heavy atom. The van der Waals surface area contributed by atoms with Crippen molar-refractivity contribution < 1.29 is 14.7 Å². The Morgan fingerprint density at radius 3 is 2.74 bits per heavy atom. The Balaban J connectivity index is 2.15. The zero-order valence-electron chi connectivity index (χ0n) is 11.1. The van der Waals surface area contributed by atoms with Crippen LogP contribution in [0.25, 0.3) is 6.08 Å². The van der Waals surface area contributed by atoms with Gasteiger partial charge in [-0.1, -0.05) is 17.3 Å². The first-order valence-corrected chi connectivity index (χ1v) is 6.52. The molecule has 4 nitrogen and oxygen atoms in total. The molecule has 1 saturated carbocycles. The van der Waals surface area contributed by atoms with Gasteiger partial charge in [0.15, 0.2) is 11.5 Å². The summed E-state index contributed by atoms with van der Waals surface area (Å²) in [6.45, 7) is 0. The van der Waals surface area contributed by atoms with Gasteiger partial charge >= 0.3 is 0 Å². The predicted octanol–water partition coefficient (Wildman–Crippen LogP) is 3.49. The topological polar surface area (TPSA) is 51.0 Å². The molecule has 0 atom stereocenters. The highest BCUT2D eigenvalue weighted by Crippen LogP contribution is 2.32. The molecule has 0 heterocycles. The van der Waals surface area contributed by atoms with Crippen molar-refractivity contribution in [2.24, 2.45) is 5.16 Å². The number of oxime groups is 1. The third-order valence-electron chi connectivity index (χ3n) is 3.22. The lowest BCUT2D eigenvalue weighted by Crippen LogP contribution is -2.11. The molecule has 0 unspecified atom stereocenters. The first-order chi connectivity index (χ1) is 9.33. The van der Waals surface area contributed by atoms with Crippen LogP contribution in [0.2, 0.25) is 0 Å². The number of hydrogen-bond acceptors (Lipinski definition) is 4. The maximum Gasteiger partial charge on any atom is 0.162 e. The van der Waals surface area contributed by atoms with Gasteiger partial charge in [0.2, 0.25) is 0 Å². The Hall–Kier alpha value is -1.97. The van der Waals surface area contributed by atoms with E-state index in [0.29, 0.717) is 6.10 Å². The number of methoxy groups -OCH3 is 1. The van der Waals surface area contributed by atoms with Crippen molar-refractivity contribution in [2.75, 3.05) is 7.11 Å². The van der Waals surface area contributed by atoms with Crippen LogP contribution in [0.3, 0.4) is 0 Å². The molecule has 0 aliphatic heterocycles. The van der Waals surface area contributed by atoms with Crippen LogP contribution < -0.4 is 9.47 Å². The van der Waals surface area contributed by atoms with Gasteiger partial charge in [0.1, 0.15) is 0 Å². The van der Waals surface area contributed by atoms with E-state index in [1.165, 1.54) is 19.1 Å². The summed E-state index contributed by atoms with van der Waals surface area (Å²) < 4.78 is 11.3. The fourth-order valence-corrected chi connectivity index (χ4v) is 2.27. The lowest BCUT2D eigenvalue weighted by molar-refractivity contribution is 0.201. The summed E-state index contributed by atoms with van der Waals surface area (Å²) in [5, 5.41) is 11.3. The molecule has 1 aliphatic carbocycles. The minimum atomic E-state index is 0.298. The highest BCUT2D eigenvalue weighted by atomic mass is 16.5. The fraction of sp³-hybridized carbons (Fsp3) is 0.400. The van der Waals surface area contributed by atoms with Gasteiger partial charge in [-0.05, 0) is 49.5 Å². The van der Waals surface area contributed by atoms with E-state index in [9.17, 15) is 0 Å². The van der Waals surface area contributed by atoms with Crippen LogP contribution >= 0.6 is 0 Å². The van der Waals surface area contributed by atoms with Gasteiger partial charge in [-0.3, -0.25) is 0 Å². The largest absolute Gasteiger partial charge is 0.493 e. The summed E-state index contributed by atoms with van der Waals surface area (Å²) >= 11 is 0. The Morgan fingerprint density at radius 1 is 1.26 bits per heavy atom. The van der Waals surface area contributed by atoms with Crippen LogP contribution in [0.4, 0.5) is 0 Å². The summed E-state index contributed by atoms with van der Waals surface area (Å²) in [6.07, 6.45) is 9.83. The highest BCUT2D eigenvalue weighted by Gasteiger charge is 2.18. The molecule has 1 aromatic rings. The predicted molar refractivity (Wildman–Crippen MR) is 75.2 cm³/mol. The second-order valence-corrected chi connectivity index (χ2v) is 4.56. The van der Waals surface area contributed by atoms with Gasteiger partial charge in [0, 0.05) is 0 Å². The molecule has 0 radical (unpaired) electrons. The smallest absolute Gasteiger partial charge is 0.162 e. The van der Waals surface area contributed by atoms with E-state index in [-0.39, 0.29) is 0 Å². The summed E-state index contributed by atoms with van der Waals surface area (Å²) in [6, 6.07) is 5.76. The monoisotopic (exact) mass is 261 g/mol. The molecule has 19 heavy (non-hydrogen) atoms. The number of rotatable bonds is 5. The molecule has 102 valence electrons. The second kappa shape index (κ2) is 6.83. The van der Waals surface area contributed by atoms with Crippen molar-refractivity contribution in [1.29, 1.82) is 0 Å². The normalized spacial score (nSPS) is 16.5. The van der Waals surface area contributed by atoms with Crippen molar-refractivity contribution in [1.82, 2.24) is 0 Å². The molecule has 0 bridgehead atoms. The second-order valence-electron chi connectivity index (χ2n) is 4.56. The van der Waals surface area contributed by atoms with Crippen molar-refractivity contribution in [3.05, 3.63) is 29.8 Å². The first-order valence-electron chi connectivity index (χ1n) is 6.52. The maximum atomic E-state index is 8.34. The van der Waals surface area contributed by atoms with E-state index in [0.717, 1.165) is 29.9 Å². The molecule has 0 aromatic heterocycles. The average Bonchev–Trinajstić information content (AvgIpc) is 2.92. The third kappa shape index (κ3) is 3.74. The van der Waals surface area contributed by atoms with E-state index in [2.05, 4.69) is 5.16 Å². The quantitative estimate of drug-likeness (QED) is 0.501. The van der Waals surface area contributed by atoms with Gasteiger partial charge in [0.25, 0.3) is 0 Å². The van der Waals surface area contributed by atoms with Gasteiger partial charge in [0.05, 0.1) is 19.4 Å². The van der Waals surface area contributed by atoms with Gasteiger partial charge in [-0.25, -0.2) is 0 Å². The summed E-state index contributed by atoms with van der Waals surface area (Å²) in [5.41, 5.74) is 0.980. The Labute approximate surface area is 113 Å². The molecule has 1 aromatic carbocycles. The van der Waals surface area contributed by atoms with Crippen molar-refractivity contribution in [3.63, 3.8) is 0 Å².